The standard InChI is InChI=1S/C16H21ClN2O.ClH/c1-18-13-6-3-7-19(10-13)16(20)15-9-14(15)11-4-2-5-12(17)8-11;/h2,4-5,8,13-15,18H,3,6-7,9-10H2,1H3;1H. The van der Waals surface area contributed by atoms with E-state index in [1.54, 1.807) is 0 Å². The molecule has 2 fully saturated rings. The number of hydrogen-bond acceptors (Lipinski definition) is 2. The lowest BCUT2D eigenvalue weighted by molar-refractivity contribution is -0.134. The minimum absolute atomic E-state index is 0. The second-order valence-corrected chi connectivity index (χ2v) is 6.35. The number of nitrogens with one attached hydrogen (secondary N) is 1. The number of piperidine rings is 1. The largest absolute Gasteiger partial charge is 0.341 e. The Labute approximate surface area is 137 Å². The Morgan fingerprint density at radius 1 is 1.43 bits per heavy atom. The van der Waals surface area contributed by atoms with Gasteiger partial charge in [-0.15, -0.1) is 12.4 Å². The van der Waals surface area contributed by atoms with Gasteiger partial charge in [0.1, 0.15) is 0 Å². The van der Waals surface area contributed by atoms with Crippen molar-refractivity contribution >= 4 is 29.9 Å². The molecule has 1 aromatic rings. The van der Waals surface area contributed by atoms with Gasteiger partial charge in [0.05, 0.1) is 0 Å². The molecule has 0 bridgehead atoms. The monoisotopic (exact) mass is 328 g/mol. The lowest BCUT2D eigenvalue weighted by Crippen LogP contribution is -2.47. The first-order valence-corrected chi connectivity index (χ1v) is 7.78. The molecule has 1 aliphatic carbocycles. The molecule has 1 amide bonds. The molecule has 5 heteroatoms. The summed E-state index contributed by atoms with van der Waals surface area (Å²) in [6.07, 6.45) is 3.24. The summed E-state index contributed by atoms with van der Waals surface area (Å²) in [7, 11) is 1.98. The summed E-state index contributed by atoms with van der Waals surface area (Å²) >= 11 is 6.03. The van der Waals surface area contributed by atoms with Crippen molar-refractivity contribution in [1.82, 2.24) is 10.2 Å². The highest BCUT2D eigenvalue weighted by atomic mass is 35.5. The van der Waals surface area contributed by atoms with E-state index in [0.717, 1.165) is 31.0 Å². The van der Waals surface area contributed by atoms with E-state index in [4.69, 9.17) is 11.6 Å². The van der Waals surface area contributed by atoms with Gasteiger partial charge in [-0.25, -0.2) is 0 Å². The average Bonchev–Trinajstić information content (AvgIpc) is 3.27. The van der Waals surface area contributed by atoms with Gasteiger partial charge < -0.3 is 10.2 Å². The molecular formula is C16H22Cl2N2O. The molecule has 0 spiro atoms. The van der Waals surface area contributed by atoms with E-state index in [1.165, 1.54) is 12.0 Å². The zero-order chi connectivity index (χ0) is 14.1. The van der Waals surface area contributed by atoms with E-state index < -0.39 is 0 Å². The Kier molecular flexibility index (Phi) is 5.53. The molecule has 116 valence electrons. The van der Waals surface area contributed by atoms with Gasteiger partial charge >= 0.3 is 0 Å². The predicted molar refractivity (Wildman–Crippen MR) is 88.2 cm³/mol. The molecule has 3 unspecified atom stereocenters. The molecule has 1 heterocycles. The Morgan fingerprint density at radius 2 is 2.24 bits per heavy atom. The number of nitrogens with zero attached hydrogens (tertiary/aromatic N) is 1. The normalized spacial score (nSPS) is 27.9. The molecule has 3 rings (SSSR count). The number of rotatable bonds is 3. The third kappa shape index (κ3) is 3.71. The number of hydrogen-bond donors (Lipinski definition) is 1. The van der Waals surface area contributed by atoms with Gasteiger partial charge in [0, 0.05) is 30.1 Å². The van der Waals surface area contributed by atoms with Gasteiger partial charge in [0.25, 0.3) is 0 Å². The van der Waals surface area contributed by atoms with E-state index in [-0.39, 0.29) is 18.3 Å². The van der Waals surface area contributed by atoms with Crippen molar-refractivity contribution in [2.75, 3.05) is 20.1 Å². The van der Waals surface area contributed by atoms with Crippen molar-refractivity contribution in [1.29, 1.82) is 0 Å². The lowest BCUT2D eigenvalue weighted by atomic mass is 10.0. The van der Waals surface area contributed by atoms with Crippen LogP contribution in [-0.4, -0.2) is 37.0 Å². The third-order valence-corrected chi connectivity index (χ3v) is 4.76. The van der Waals surface area contributed by atoms with Crippen LogP contribution in [0.25, 0.3) is 0 Å². The van der Waals surface area contributed by atoms with Crippen LogP contribution in [0.15, 0.2) is 24.3 Å². The maximum atomic E-state index is 12.6. The van der Waals surface area contributed by atoms with Crippen molar-refractivity contribution < 1.29 is 4.79 Å². The molecule has 2 aliphatic rings. The van der Waals surface area contributed by atoms with E-state index in [2.05, 4.69) is 11.4 Å². The molecule has 1 saturated heterocycles. The third-order valence-electron chi connectivity index (χ3n) is 4.53. The Morgan fingerprint density at radius 3 is 2.95 bits per heavy atom. The van der Waals surface area contributed by atoms with Crippen LogP contribution in [0.1, 0.15) is 30.7 Å². The zero-order valence-electron chi connectivity index (χ0n) is 12.2. The first kappa shape index (κ1) is 16.6. The summed E-state index contributed by atoms with van der Waals surface area (Å²) in [5, 5.41) is 4.05. The topological polar surface area (TPSA) is 32.3 Å². The summed E-state index contributed by atoms with van der Waals surface area (Å²) < 4.78 is 0. The summed E-state index contributed by atoms with van der Waals surface area (Å²) in [6, 6.07) is 8.38. The fourth-order valence-corrected chi connectivity index (χ4v) is 3.42. The van der Waals surface area contributed by atoms with Crippen molar-refractivity contribution in [3.8, 4) is 0 Å². The van der Waals surface area contributed by atoms with Gasteiger partial charge in [-0.3, -0.25) is 4.79 Å². The Balaban J connectivity index is 0.00000161. The number of carbonyl (C=O) groups is 1. The zero-order valence-corrected chi connectivity index (χ0v) is 13.8. The van der Waals surface area contributed by atoms with Gasteiger partial charge in [-0.1, -0.05) is 23.7 Å². The van der Waals surface area contributed by atoms with Crippen LogP contribution in [0.3, 0.4) is 0 Å². The van der Waals surface area contributed by atoms with Crippen molar-refractivity contribution in [3.63, 3.8) is 0 Å². The number of halogens is 2. The molecule has 1 N–H and O–H groups in total. The van der Waals surface area contributed by atoms with Crippen LogP contribution in [0, 0.1) is 5.92 Å². The number of benzene rings is 1. The first-order chi connectivity index (χ1) is 9.69. The van der Waals surface area contributed by atoms with Gasteiger partial charge in [0.15, 0.2) is 0 Å². The highest BCUT2D eigenvalue weighted by Crippen LogP contribution is 2.49. The lowest BCUT2D eigenvalue weighted by Gasteiger charge is -2.32. The number of likely N-dealkylation sites (N-methyl/N-ethyl adjacent to an activating group) is 1. The second kappa shape index (κ2) is 6.99. The average molecular weight is 329 g/mol. The van der Waals surface area contributed by atoms with Crippen molar-refractivity contribution in [2.45, 2.75) is 31.2 Å². The van der Waals surface area contributed by atoms with Gasteiger partial charge in [-0.05, 0) is 49.9 Å². The summed E-state index contributed by atoms with van der Waals surface area (Å²) in [6.45, 7) is 1.77. The highest BCUT2D eigenvalue weighted by molar-refractivity contribution is 6.30. The van der Waals surface area contributed by atoms with E-state index in [9.17, 15) is 4.79 Å². The molecule has 1 aliphatic heterocycles. The minimum atomic E-state index is 0. The van der Waals surface area contributed by atoms with Crippen LogP contribution < -0.4 is 5.32 Å². The molecule has 21 heavy (non-hydrogen) atoms. The van der Waals surface area contributed by atoms with Crippen molar-refractivity contribution in [2.24, 2.45) is 5.92 Å². The maximum Gasteiger partial charge on any atom is 0.226 e. The SMILES string of the molecule is CNC1CCCN(C(=O)C2CC2c2cccc(Cl)c2)C1.Cl. The van der Waals surface area contributed by atoms with Crippen LogP contribution in [-0.2, 0) is 4.79 Å². The second-order valence-electron chi connectivity index (χ2n) is 5.92. The highest BCUT2D eigenvalue weighted by Gasteiger charge is 2.46. The minimum Gasteiger partial charge on any atom is -0.341 e. The molecule has 1 saturated carbocycles. The van der Waals surface area contributed by atoms with Crippen LogP contribution in [0.2, 0.25) is 5.02 Å². The fraction of sp³-hybridized carbons (Fsp3) is 0.562. The van der Waals surface area contributed by atoms with Crippen LogP contribution >= 0.6 is 24.0 Å². The summed E-state index contributed by atoms with van der Waals surface area (Å²) in [4.78, 5) is 14.6. The van der Waals surface area contributed by atoms with E-state index >= 15 is 0 Å². The number of likely N-dealkylation sites (tertiary alicyclic amines) is 1. The smallest absolute Gasteiger partial charge is 0.226 e. The molecule has 3 nitrogen and oxygen atoms in total. The van der Waals surface area contributed by atoms with Gasteiger partial charge in [0.2, 0.25) is 5.91 Å². The summed E-state index contributed by atoms with van der Waals surface area (Å²) in [5.74, 6) is 0.871. The Bertz CT molecular complexity index is 509. The fourth-order valence-electron chi connectivity index (χ4n) is 3.22. The summed E-state index contributed by atoms with van der Waals surface area (Å²) in [5.41, 5.74) is 1.21. The first-order valence-electron chi connectivity index (χ1n) is 7.40. The maximum absolute atomic E-state index is 12.6. The van der Waals surface area contributed by atoms with Gasteiger partial charge in [-0.2, -0.15) is 0 Å². The van der Waals surface area contributed by atoms with Crippen LogP contribution in [0.5, 0.6) is 0 Å². The molecule has 3 atom stereocenters. The quantitative estimate of drug-likeness (QED) is 0.924. The number of carbonyl (C=O) groups excluding carboxylic acids is 1. The number of amides is 1. The molecule has 1 aromatic carbocycles. The molecular weight excluding hydrogens is 307 g/mol. The van der Waals surface area contributed by atoms with Crippen LogP contribution in [0.4, 0.5) is 0 Å². The Hall–Kier alpha value is -0.770. The predicted octanol–water partition coefficient (Wildman–Crippen LogP) is 3.08. The van der Waals surface area contributed by atoms with Crippen molar-refractivity contribution in [3.05, 3.63) is 34.9 Å². The van der Waals surface area contributed by atoms with E-state index in [1.807, 2.05) is 30.1 Å². The van der Waals surface area contributed by atoms with E-state index in [0.29, 0.717) is 17.9 Å². The molecule has 0 radical (unpaired) electrons. The molecule has 0 aromatic heterocycles.